The van der Waals surface area contributed by atoms with Crippen LogP contribution in [0.4, 0.5) is 0 Å². The Balaban J connectivity index is 1.47. The Morgan fingerprint density at radius 3 is 2.24 bits per heavy atom. The zero-order valence-electron chi connectivity index (χ0n) is 18.8. The second-order valence-electron chi connectivity index (χ2n) is 7.90. The number of nitrogens with one attached hydrogen (secondary N) is 1. The molecule has 0 atom stereocenters. The van der Waals surface area contributed by atoms with Crippen LogP contribution in [0.1, 0.15) is 17.9 Å². The third-order valence-electron chi connectivity index (χ3n) is 5.90. The van der Waals surface area contributed by atoms with Crippen molar-refractivity contribution >= 4 is 10.9 Å². The molecule has 0 radical (unpaired) electrons. The van der Waals surface area contributed by atoms with Gasteiger partial charge in [0.05, 0.1) is 19.8 Å². The highest BCUT2D eigenvalue weighted by molar-refractivity contribution is 5.83. The summed E-state index contributed by atoms with van der Waals surface area (Å²) < 4.78 is 17.6. The van der Waals surface area contributed by atoms with Crippen LogP contribution in [0.5, 0.6) is 11.5 Å². The van der Waals surface area contributed by atoms with Crippen LogP contribution >= 0.6 is 0 Å². The quantitative estimate of drug-likeness (QED) is 0.293. The molecule has 2 aromatic heterocycles. The molecule has 3 aromatic carbocycles. The van der Waals surface area contributed by atoms with Crippen molar-refractivity contribution in [2.24, 2.45) is 0 Å². The van der Waals surface area contributed by atoms with E-state index < -0.39 is 0 Å². The average molecular weight is 439 g/mol. The number of oxazole rings is 1. The molecule has 0 aliphatic carbocycles. The van der Waals surface area contributed by atoms with Crippen molar-refractivity contribution in [1.82, 2.24) is 9.97 Å². The molecule has 0 saturated carbocycles. The number of H-pyrrole nitrogens is 1. The van der Waals surface area contributed by atoms with E-state index in [-0.39, 0.29) is 0 Å². The van der Waals surface area contributed by atoms with E-state index in [1.54, 1.807) is 14.2 Å². The van der Waals surface area contributed by atoms with Crippen molar-refractivity contribution in [3.05, 3.63) is 90.4 Å². The molecule has 0 bridgehead atoms. The number of hydrogen-bond donors (Lipinski definition) is 1. The topological polar surface area (TPSA) is 60.3 Å². The van der Waals surface area contributed by atoms with E-state index in [9.17, 15) is 0 Å². The van der Waals surface area contributed by atoms with Crippen LogP contribution in [-0.2, 0) is 12.8 Å². The summed E-state index contributed by atoms with van der Waals surface area (Å²) in [5, 5.41) is 1.27. The van der Waals surface area contributed by atoms with Crippen molar-refractivity contribution < 1.29 is 13.9 Å². The second-order valence-corrected chi connectivity index (χ2v) is 7.90. The highest BCUT2D eigenvalue weighted by Gasteiger charge is 2.22. The summed E-state index contributed by atoms with van der Waals surface area (Å²) in [7, 11) is 3.34. The van der Waals surface area contributed by atoms with Gasteiger partial charge in [-0.15, -0.1) is 0 Å². The maximum atomic E-state index is 6.35. The molecule has 5 nitrogen and oxygen atoms in total. The van der Waals surface area contributed by atoms with E-state index in [1.165, 1.54) is 16.5 Å². The van der Waals surface area contributed by atoms with Crippen molar-refractivity contribution in [1.29, 1.82) is 0 Å². The molecule has 1 N–H and O–H groups in total. The van der Waals surface area contributed by atoms with Gasteiger partial charge in [0.15, 0.2) is 11.7 Å². The molecular formula is C28H26N2O3. The first kappa shape index (κ1) is 20.9. The number of ether oxygens (including phenoxy) is 2. The summed E-state index contributed by atoms with van der Waals surface area (Å²) in [6.07, 6.45) is 4.71. The van der Waals surface area contributed by atoms with E-state index in [0.717, 1.165) is 47.6 Å². The number of aryl methyl sites for hydroxylation is 2. The molecule has 0 aliphatic heterocycles. The lowest BCUT2D eigenvalue weighted by molar-refractivity contribution is 0.413. The lowest BCUT2D eigenvalue weighted by Gasteiger charge is -2.09. The normalized spacial score (nSPS) is 11.1. The van der Waals surface area contributed by atoms with Crippen LogP contribution in [-0.4, -0.2) is 24.2 Å². The third-order valence-corrected chi connectivity index (χ3v) is 5.90. The van der Waals surface area contributed by atoms with Gasteiger partial charge in [-0.05, 0) is 48.7 Å². The average Bonchev–Trinajstić information content (AvgIpc) is 3.48. The lowest BCUT2D eigenvalue weighted by atomic mass is 10.0. The van der Waals surface area contributed by atoms with Gasteiger partial charge >= 0.3 is 0 Å². The molecule has 0 fully saturated rings. The molecule has 2 heterocycles. The fraction of sp³-hybridized carbons (Fsp3) is 0.179. The standard InChI is InChI=1S/C28H26N2O3/c1-31-24-15-7-4-12-21(24)27-28(22-13-5-8-16-25(22)32-2)33-26(30-27)17-9-10-19-18-29-23-14-6-3-11-20(19)23/h3-8,11-16,18,29H,9-10,17H2,1-2H3. The molecule has 5 heteroatoms. The largest absolute Gasteiger partial charge is 0.496 e. The molecule has 0 saturated heterocycles. The van der Waals surface area contributed by atoms with Crippen LogP contribution in [0.15, 0.2) is 83.4 Å². The van der Waals surface area contributed by atoms with Crippen molar-refractivity contribution in [3.63, 3.8) is 0 Å². The predicted molar refractivity (Wildman–Crippen MR) is 131 cm³/mol. The highest BCUT2D eigenvalue weighted by Crippen LogP contribution is 2.40. The summed E-state index contributed by atoms with van der Waals surface area (Å²) in [6, 6.07) is 24.1. The van der Waals surface area contributed by atoms with E-state index in [0.29, 0.717) is 11.7 Å². The summed E-state index contributed by atoms with van der Waals surface area (Å²) in [5.74, 6) is 2.90. The molecule has 5 aromatic rings. The number of aromatic nitrogens is 2. The third kappa shape index (κ3) is 4.10. The fourth-order valence-corrected chi connectivity index (χ4v) is 4.28. The van der Waals surface area contributed by atoms with Crippen LogP contribution in [0.25, 0.3) is 33.5 Å². The Bertz CT molecular complexity index is 1320. The molecule has 0 spiro atoms. The molecule has 5 rings (SSSR count). The highest BCUT2D eigenvalue weighted by atomic mass is 16.5. The fourth-order valence-electron chi connectivity index (χ4n) is 4.28. The summed E-state index contributed by atoms with van der Waals surface area (Å²) in [4.78, 5) is 8.26. The van der Waals surface area contributed by atoms with Gasteiger partial charge in [-0.3, -0.25) is 0 Å². The van der Waals surface area contributed by atoms with Gasteiger partial charge in [0.1, 0.15) is 17.2 Å². The smallest absolute Gasteiger partial charge is 0.195 e. The minimum Gasteiger partial charge on any atom is -0.496 e. The summed E-state index contributed by atoms with van der Waals surface area (Å²) in [6.45, 7) is 0. The number of aromatic amines is 1. The Morgan fingerprint density at radius 2 is 1.45 bits per heavy atom. The Morgan fingerprint density at radius 1 is 0.788 bits per heavy atom. The molecule has 0 aliphatic rings. The SMILES string of the molecule is COc1ccccc1-c1nc(CCCc2c[nH]c3ccccc23)oc1-c1ccccc1OC. The number of nitrogens with zero attached hydrogens (tertiary/aromatic N) is 1. The van der Waals surface area contributed by atoms with Gasteiger partial charge in [-0.25, -0.2) is 4.98 Å². The van der Waals surface area contributed by atoms with Gasteiger partial charge in [0, 0.05) is 29.1 Å². The van der Waals surface area contributed by atoms with Crippen molar-refractivity contribution in [2.45, 2.75) is 19.3 Å². The minimum absolute atomic E-state index is 0.694. The first-order valence-electron chi connectivity index (χ1n) is 11.1. The number of fused-ring (bicyclic) bond motifs is 1. The molecule has 0 amide bonds. The van der Waals surface area contributed by atoms with Gasteiger partial charge in [-0.2, -0.15) is 0 Å². The Labute approximate surface area is 193 Å². The maximum absolute atomic E-state index is 6.35. The molecule has 166 valence electrons. The van der Waals surface area contributed by atoms with Gasteiger partial charge in [0.2, 0.25) is 0 Å². The Hall–Kier alpha value is -3.99. The number of para-hydroxylation sites is 3. The van der Waals surface area contributed by atoms with Gasteiger partial charge in [-0.1, -0.05) is 42.5 Å². The zero-order chi connectivity index (χ0) is 22.6. The predicted octanol–water partition coefficient (Wildman–Crippen LogP) is 6.68. The van der Waals surface area contributed by atoms with Crippen LogP contribution < -0.4 is 9.47 Å². The monoisotopic (exact) mass is 438 g/mol. The van der Waals surface area contributed by atoms with Crippen molar-refractivity contribution in [2.75, 3.05) is 14.2 Å². The first-order chi connectivity index (χ1) is 16.3. The van der Waals surface area contributed by atoms with Crippen LogP contribution in [0, 0.1) is 0 Å². The van der Waals surface area contributed by atoms with Crippen LogP contribution in [0.2, 0.25) is 0 Å². The molecular weight excluding hydrogens is 412 g/mol. The van der Waals surface area contributed by atoms with Gasteiger partial charge in [0.25, 0.3) is 0 Å². The number of hydrogen-bond acceptors (Lipinski definition) is 4. The number of rotatable bonds is 8. The van der Waals surface area contributed by atoms with E-state index in [4.69, 9.17) is 18.9 Å². The summed E-state index contributed by atoms with van der Waals surface area (Å²) in [5.41, 5.74) is 5.01. The van der Waals surface area contributed by atoms with E-state index in [2.05, 4.69) is 29.4 Å². The maximum Gasteiger partial charge on any atom is 0.195 e. The van der Waals surface area contributed by atoms with Crippen LogP contribution in [0.3, 0.4) is 0 Å². The first-order valence-corrected chi connectivity index (χ1v) is 11.1. The summed E-state index contributed by atoms with van der Waals surface area (Å²) >= 11 is 0. The van der Waals surface area contributed by atoms with E-state index in [1.807, 2.05) is 54.6 Å². The zero-order valence-corrected chi connectivity index (χ0v) is 18.8. The molecule has 0 unspecified atom stereocenters. The van der Waals surface area contributed by atoms with Gasteiger partial charge < -0.3 is 18.9 Å². The number of benzene rings is 3. The molecule has 33 heavy (non-hydrogen) atoms. The van der Waals surface area contributed by atoms with E-state index >= 15 is 0 Å². The second kappa shape index (κ2) is 9.25. The van der Waals surface area contributed by atoms with Crippen molar-refractivity contribution in [3.8, 4) is 34.1 Å². The number of methoxy groups -OCH3 is 2. The Kier molecular flexibility index (Phi) is 5.85. The lowest BCUT2D eigenvalue weighted by Crippen LogP contribution is -1.92. The minimum atomic E-state index is 0.694.